The lowest BCUT2D eigenvalue weighted by atomic mass is 10.1. The molecular weight excluding hydrogens is 266 g/mol. The van der Waals surface area contributed by atoms with E-state index < -0.39 is 0 Å². The van der Waals surface area contributed by atoms with Crippen LogP contribution in [0, 0.1) is 0 Å². The highest BCUT2D eigenvalue weighted by Crippen LogP contribution is 2.07. The van der Waals surface area contributed by atoms with E-state index in [0.717, 1.165) is 6.42 Å². The van der Waals surface area contributed by atoms with Gasteiger partial charge in [-0.2, -0.15) is 5.10 Å². The first-order valence-electron chi connectivity index (χ1n) is 6.84. The first-order chi connectivity index (χ1) is 10.2. The molecule has 0 radical (unpaired) electrons. The largest absolute Gasteiger partial charge is 0.304 e. The van der Waals surface area contributed by atoms with Crippen LogP contribution in [-0.4, -0.2) is 20.0 Å². The second kappa shape index (κ2) is 5.36. The second-order valence-corrected chi connectivity index (χ2v) is 4.87. The number of carbonyl (C=O) groups excluding carboxylic acids is 1. The number of ketones is 1. The molecule has 2 heterocycles. The van der Waals surface area contributed by atoms with Gasteiger partial charge in [-0.1, -0.05) is 31.2 Å². The number of rotatable bonds is 4. The highest BCUT2D eigenvalue weighted by molar-refractivity contribution is 5.95. The zero-order valence-corrected chi connectivity index (χ0v) is 11.7. The minimum Gasteiger partial charge on any atom is -0.304 e. The fourth-order valence-electron chi connectivity index (χ4n) is 2.26. The van der Waals surface area contributed by atoms with Crippen molar-refractivity contribution in [2.45, 2.75) is 19.9 Å². The Balaban J connectivity index is 1.88. The third kappa shape index (κ3) is 2.50. The Morgan fingerprint density at radius 3 is 2.62 bits per heavy atom. The first kappa shape index (κ1) is 13.3. The van der Waals surface area contributed by atoms with Crippen molar-refractivity contribution in [1.29, 1.82) is 0 Å². The number of hydrogen-bond donors (Lipinski definition) is 0. The number of nitrogens with zero attached hydrogens (tertiary/aromatic N) is 3. The maximum Gasteiger partial charge on any atom is 0.276 e. The van der Waals surface area contributed by atoms with Crippen molar-refractivity contribution in [3.05, 3.63) is 70.4 Å². The quantitative estimate of drug-likeness (QED) is 0.687. The molecule has 2 aromatic heterocycles. The van der Waals surface area contributed by atoms with Crippen LogP contribution in [0.3, 0.4) is 0 Å². The van der Waals surface area contributed by atoms with Crippen molar-refractivity contribution in [3.8, 4) is 0 Å². The molecule has 0 bridgehead atoms. The van der Waals surface area contributed by atoms with Gasteiger partial charge < -0.3 is 4.57 Å². The van der Waals surface area contributed by atoms with Crippen LogP contribution in [0.15, 0.2) is 53.7 Å². The smallest absolute Gasteiger partial charge is 0.276 e. The highest BCUT2D eigenvalue weighted by atomic mass is 16.1. The summed E-state index contributed by atoms with van der Waals surface area (Å²) in [5.41, 5.74) is 2.05. The highest BCUT2D eigenvalue weighted by Gasteiger charge is 2.09. The molecule has 0 spiro atoms. The molecule has 21 heavy (non-hydrogen) atoms. The zero-order valence-electron chi connectivity index (χ0n) is 11.7. The van der Waals surface area contributed by atoms with E-state index >= 15 is 0 Å². The monoisotopic (exact) mass is 281 g/mol. The molecule has 106 valence electrons. The van der Waals surface area contributed by atoms with Crippen molar-refractivity contribution >= 4 is 11.3 Å². The molecular formula is C16H15N3O2. The molecule has 0 aliphatic rings. The summed E-state index contributed by atoms with van der Waals surface area (Å²) in [6.07, 6.45) is 5.75. The van der Waals surface area contributed by atoms with Crippen LogP contribution in [0.25, 0.3) is 5.52 Å². The van der Waals surface area contributed by atoms with Gasteiger partial charge in [0.25, 0.3) is 5.56 Å². The molecule has 5 nitrogen and oxygen atoms in total. The van der Waals surface area contributed by atoms with E-state index in [1.807, 2.05) is 24.3 Å². The topological polar surface area (TPSA) is 56.4 Å². The molecule has 0 aliphatic heterocycles. The van der Waals surface area contributed by atoms with Gasteiger partial charge in [0.1, 0.15) is 5.52 Å². The molecule has 0 aliphatic carbocycles. The van der Waals surface area contributed by atoms with E-state index in [4.69, 9.17) is 0 Å². The Bertz CT molecular complexity index is 844. The molecule has 0 fully saturated rings. The fraction of sp³-hybridized carbons (Fsp3) is 0.188. The van der Waals surface area contributed by atoms with E-state index in [0.29, 0.717) is 11.1 Å². The molecule has 0 saturated heterocycles. The number of benzene rings is 1. The maximum absolute atomic E-state index is 12.3. The Morgan fingerprint density at radius 2 is 1.90 bits per heavy atom. The van der Waals surface area contributed by atoms with Crippen LogP contribution in [0.5, 0.6) is 0 Å². The van der Waals surface area contributed by atoms with E-state index in [1.54, 1.807) is 24.7 Å². The van der Waals surface area contributed by atoms with Crippen LogP contribution in [-0.2, 0) is 13.0 Å². The van der Waals surface area contributed by atoms with Gasteiger partial charge >= 0.3 is 0 Å². The van der Waals surface area contributed by atoms with E-state index in [2.05, 4.69) is 12.0 Å². The SMILES string of the molecule is CCc1ccc(C(=O)Cn2ccn3nccc3c2=O)cc1. The zero-order chi connectivity index (χ0) is 14.8. The Kier molecular flexibility index (Phi) is 3.39. The van der Waals surface area contributed by atoms with Crippen LogP contribution in [0.2, 0.25) is 0 Å². The summed E-state index contributed by atoms with van der Waals surface area (Å²) < 4.78 is 2.91. The average molecular weight is 281 g/mol. The summed E-state index contributed by atoms with van der Waals surface area (Å²) in [4.78, 5) is 24.5. The summed E-state index contributed by atoms with van der Waals surface area (Å²) in [5, 5.41) is 4.00. The number of fused-ring (bicyclic) bond motifs is 1. The average Bonchev–Trinajstić information content (AvgIpc) is 2.99. The lowest BCUT2D eigenvalue weighted by Crippen LogP contribution is -2.25. The second-order valence-electron chi connectivity index (χ2n) is 4.87. The number of hydrogen-bond acceptors (Lipinski definition) is 3. The van der Waals surface area contributed by atoms with Gasteiger partial charge in [0.05, 0.1) is 12.7 Å². The maximum atomic E-state index is 12.3. The van der Waals surface area contributed by atoms with E-state index in [1.165, 1.54) is 14.6 Å². The van der Waals surface area contributed by atoms with Crippen molar-refractivity contribution < 1.29 is 4.79 Å². The fourth-order valence-corrected chi connectivity index (χ4v) is 2.26. The van der Waals surface area contributed by atoms with Crippen LogP contribution < -0.4 is 5.56 Å². The number of aromatic nitrogens is 3. The Hall–Kier alpha value is -2.69. The summed E-state index contributed by atoms with van der Waals surface area (Å²) in [6, 6.07) is 9.14. The predicted molar refractivity (Wildman–Crippen MR) is 79.6 cm³/mol. The molecule has 3 aromatic rings. The van der Waals surface area contributed by atoms with Crippen LogP contribution >= 0.6 is 0 Å². The third-order valence-corrected chi connectivity index (χ3v) is 3.54. The summed E-state index contributed by atoms with van der Waals surface area (Å²) >= 11 is 0. The number of aryl methyl sites for hydroxylation is 1. The normalized spacial score (nSPS) is 10.9. The summed E-state index contributed by atoms with van der Waals surface area (Å²) in [5.74, 6) is -0.0800. The minimum absolute atomic E-state index is 0.0337. The van der Waals surface area contributed by atoms with Gasteiger partial charge in [0.15, 0.2) is 5.78 Å². The van der Waals surface area contributed by atoms with Crippen molar-refractivity contribution in [2.75, 3.05) is 0 Å². The molecule has 0 saturated carbocycles. The molecule has 0 amide bonds. The minimum atomic E-state index is -0.214. The van der Waals surface area contributed by atoms with Crippen LogP contribution in [0.1, 0.15) is 22.8 Å². The lowest BCUT2D eigenvalue weighted by Gasteiger charge is -2.06. The Labute approximate surface area is 121 Å². The van der Waals surface area contributed by atoms with Gasteiger partial charge in [0.2, 0.25) is 0 Å². The molecule has 0 unspecified atom stereocenters. The van der Waals surface area contributed by atoms with E-state index in [9.17, 15) is 9.59 Å². The van der Waals surface area contributed by atoms with Crippen molar-refractivity contribution in [3.63, 3.8) is 0 Å². The van der Waals surface area contributed by atoms with Gasteiger partial charge in [-0.15, -0.1) is 0 Å². The lowest BCUT2D eigenvalue weighted by molar-refractivity contribution is 0.0971. The van der Waals surface area contributed by atoms with Gasteiger partial charge in [-0.05, 0) is 18.1 Å². The standard InChI is InChI=1S/C16H15N3O2/c1-2-12-3-5-13(6-4-12)15(20)11-18-9-10-19-14(16(18)21)7-8-17-19/h3-10H,2,11H2,1H3. The molecule has 0 atom stereocenters. The third-order valence-electron chi connectivity index (χ3n) is 3.54. The van der Waals surface area contributed by atoms with Crippen molar-refractivity contribution in [1.82, 2.24) is 14.2 Å². The molecule has 0 N–H and O–H groups in total. The first-order valence-corrected chi connectivity index (χ1v) is 6.84. The van der Waals surface area contributed by atoms with Crippen LogP contribution in [0.4, 0.5) is 0 Å². The Morgan fingerprint density at radius 1 is 1.14 bits per heavy atom. The number of Topliss-reactive ketones (excluding diaryl/α,β-unsaturated/α-hetero) is 1. The van der Waals surface area contributed by atoms with Gasteiger partial charge in [-0.3, -0.25) is 9.59 Å². The summed E-state index contributed by atoms with van der Waals surface area (Å²) in [6.45, 7) is 2.10. The summed E-state index contributed by atoms with van der Waals surface area (Å²) in [7, 11) is 0. The molecule has 5 heteroatoms. The van der Waals surface area contributed by atoms with Crippen molar-refractivity contribution in [2.24, 2.45) is 0 Å². The predicted octanol–water partition coefficient (Wildman–Crippen LogP) is 1.94. The van der Waals surface area contributed by atoms with E-state index in [-0.39, 0.29) is 17.9 Å². The van der Waals surface area contributed by atoms with Gasteiger partial charge in [-0.25, -0.2) is 4.52 Å². The molecule has 1 aromatic carbocycles. The number of carbonyl (C=O) groups is 1. The van der Waals surface area contributed by atoms with Gasteiger partial charge in [0, 0.05) is 18.0 Å². The molecule has 3 rings (SSSR count).